The van der Waals surface area contributed by atoms with Crippen LogP contribution in [0.1, 0.15) is 5.89 Å². The quantitative estimate of drug-likeness (QED) is 0.552. The maximum absolute atomic E-state index is 13.1. The Morgan fingerprint density at radius 1 is 0.818 bits per heavy atom. The van der Waals surface area contributed by atoms with E-state index in [4.69, 9.17) is 9.15 Å². The van der Waals surface area contributed by atoms with Crippen molar-refractivity contribution >= 4 is 21.7 Å². The Morgan fingerprint density at radius 3 is 1.97 bits per heavy atom. The maximum Gasteiger partial charge on any atom is 0.243 e. The first kappa shape index (κ1) is 21.8. The Labute approximate surface area is 192 Å². The molecule has 5 rings (SSSR count). The van der Waals surface area contributed by atoms with Gasteiger partial charge in [0.1, 0.15) is 12.0 Å². The lowest BCUT2D eigenvalue weighted by Crippen LogP contribution is -2.49. The van der Waals surface area contributed by atoms with E-state index in [2.05, 4.69) is 25.0 Å². The predicted octanol–water partition coefficient (Wildman–Crippen LogP) is 1.79. The molecule has 0 amide bonds. The van der Waals surface area contributed by atoms with Crippen molar-refractivity contribution in [3.63, 3.8) is 0 Å². The number of sulfonamides is 1. The van der Waals surface area contributed by atoms with Crippen LogP contribution in [0, 0.1) is 6.92 Å². The van der Waals surface area contributed by atoms with Gasteiger partial charge in [0.25, 0.3) is 0 Å². The molecule has 2 saturated heterocycles. The summed E-state index contributed by atoms with van der Waals surface area (Å²) in [4.78, 5) is 8.77. The number of nitrogens with zero attached hydrogens (tertiary/aromatic N) is 6. The Balaban J connectivity index is 1.22. The molecule has 0 radical (unpaired) electrons. The van der Waals surface area contributed by atoms with E-state index < -0.39 is 10.0 Å². The topological polar surface area (TPSA) is 105 Å². The van der Waals surface area contributed by atoms with Gasteiger partial charge in [-0.3, -0.25) is 0 Å². The Hall–Kier alpha value is -3.02. The first-order chi connectivity index (χ1) is 16.0. The number of piperazine rings is 1. The zero-order valence-electron chi connectivity index (χ0n) is 18.4. The minimum Gasteiger partial charge on any atom is -0.449 e. The number of aromatic nitrogens is 3. The zero-order valence-corrected chi connectivity index (χ0v) is 19.2. The van der Waals surface area contributed by atoms with Gasteiger partial charge < -0.3 is 19.0 Å². The van der Waals surface area contributed by atoms with E-state index >= 15 is 0 Å². The summed E-state index contributed by atoms with van der Waals surface area (Å²) in [5, 5.41) is 8.74. The van der Waals surface area contributed by atoms with Crippen LogP contribution < -0.4 is 9.80 Å². The number of oxazole rings is 1. The molecule has 11 heteroatoms. The van der Waals surface area contributed by atoms with Crippen LogP contribution >= 0.6 is 0 Å². The first-order valence-electron chi connectivity index (χ1n) is 10.9. The van der Waals surface area contributed by atoms with Gasteiger partial charge in [-0.25, -0.2) is 13.4 Å². The van der Waals surface area contributed by atoms with E-state index in [1.807, 2.05) is 12.1 Å². The number of hydrogen-bond donors (Lipinski definition) is 0. The lowest BCUT2D eigenvalue weighted by Gasteiger charge is -2.34. The second kappa shape index (κ2) is 9.08. The van der Waals surface area contributed by atoms with Crippen LogP contribution in [-0.2, 0) is 14.8 Å². The average molecular weight is 471 g/mol. The molecule has 2 aliphatic heterocycles. The fourth-order valence-electron chi connectivity index (χ4n) is 4.05. The highest BCUT2D eigenvalue weighted by atomic mass is 32.2. The van der Waals surface area contributed by atoms with Crippen molar-refractivity contribution in [2.24, 2.45) is 0 Å². The summed E-state index contributed by atoms with van der Waals surface area (Å²) in [6.07, 6.45) is 1.56. The molecule has 3 aromatic rings. The summed E-state index contributed by atoms with van der Waals surface area (Å²) in [5.41, 5.74) is 1.50. The largest absolute Gasteiger partial charge is 0.449 e. The van der Waals surface area contributed by atoms with E-state index in [1.54, 1.807) is 37.5 Å². The van der Waals surface area contributed by atoms with E-state index in [-0.39, 0.29) is 4.90 Å². The van der Waals surface area contributed by atoms with Crippen LogP contribution in [0.5, 0.6) is 0 Å². The normalized spacial score (nSPS) is 18.0. The van der Waals surface area contributed by atoms with Gasteiger partial charge >= 0.3 is 0 Å². The second-order valence-electron chi connectivity index (χ2n) is 8.02. The molecule has 4 heterocycles. The van der Waals surface area contributed by atoms with Crippen molar-refractivity contribution in [2.75, 3.05) is 62.3 Å². The van der Waals surface area contributed by atoms with Gasteiger partial charge in [-0.05, 0) is 24.3 Å². The van der Waals surface area contributed by atoms with Crippen LogP contribution in [-0.4, -0.2) is 80.4 Å². The summed E-state index contributed by atoms with van der Waals surface area (Å²) < 4.78 is 38.4. The minimum atomic E-state index is -3.57. The third-order valence-electron chi connectivity index (χ3n) is 5.94. The number of anilines is 2. The molecule has 0 atom stereocenters. The van der Waals surface area contributed by atoms with Crippen LogP contribution in [0.15, 0.2) is 52.0 Å². The minimum absolute atomic E-state index is 0.273. The summed E-state index contributed by atoms with van der Waals surface area (Å²) in [6.45, 7) is 6.67. The van der Waals surface area contributed by atoms with Crippen molar-refractivity contribution in [1.29, 1.82) is 0 Å². The van der Waals surface area contributed by atoms with Crippen LogP contribution in [0.25, 0.3) is 11.3 Å². The molecular weight excluding hydrogens is 444 g/mol. The van der Waals surface area contributed by atoms with Crippen molar-refractivity contribution in [2.45, 2.75) is 11.8 Å². The molecule has 0 bridgehead atoms. The van der Waals surface area contributed by atoms with E-state index in [0.717, 1.165) is 30.3 Å². The molecular formula is C22H26N6O4S. The maximum atomic E-state index is 13.1. The van der Waals surface area contributed by atoms with Gasteiger partial charge in [0.2, 0.25) is 10.0 Å². The molecule has 1 aromatic carbocycles. The van der Waals surface area contributed by atoms with Crippen molar-refractivity contribution in [3.05, 3.63) is 48.6 Å². The van der Waals surface area contributed by atoms with Gasteiger partial charge in [0.05, 0.1) is 18.1 Å². The number of ether oxygens (including phenoxy) is 1. The molecule has 0 spiro atoms. The number of morpholine rings is 1. The zero-order chi connectivity index (χ0) is 22.8. The lowest BCUT2D eigenvalue weighted by molar-refractivity contribution is 0.122. The van der Waals surface area contributed by atoms with Gasteiger partial charge in [-0.1, -0.05) is 12.1 Å². The molecule has 2 fully saturated rings. The van der Waals surface area contributed by atoms with Gasteiger partial charge in [0, 0.05) is 51.8 Å². The Kier molecular flexibility index (Phi) is 6.00. The van der Waals surface area contributed by atoms with Gasteiger partial charge in [0.15, 0.2) is 17.5 Å². The lowest BCUT2D eigenvalue weighted by atomic mass is 10.2. The summed E-state index contributed by atoms with van der Waals surface area (Å²) in [5.74, 6) is 2.17. The van der Waals surface area contributed by atoms with Crippen LogP contribution in [0.4, 0.5) is 11.6 Å². The highest BCUT2D eigenvalue weighted by Crippen LogP contribution is 2.24. The van der Waals surface area contributed by atoms with Crippen molar-refractivity contribution in [1.82, 2.24) is 19.5 Å². The first-order valence-corrected chi connectivity index (χ1v) is 12.4. The third kappa shape index (κ3) is 4.56. The molecule has 0 N–H and O–H groups in total. The highest BCUT2D eigenvalue weighted by Gasteiger charge is 2.29. The highest BCUT2D eigenvalue weighted by molar-refractivity contribution is 7.89. The van der Waals surface area contributed by atoms with E-state index in [1.165, 1.54) is 4.31 Å². The molecule has 33 heavy (non-hydrogen) atoms. The molecule has 2 aliphatic rings. The molecule has 0 saturated carbocycles. The number of rotatable bonds is 5. The van der Waals surface area contributed by atoms with E-state index in [9.17, 15) is 8.42 Å². The SMILES string of the molecule is Cc1nc(-c2ccc(S(=O)(=O)N3CCN(c4ccc(N5CCOCC5)nn4)CC3)cc2)co1. The van der Waals surface area contributed by atoms with Crippen molar-refractivity contribution in [3.8, 4) is 11.3 Å². The fraction of sp³-hybridized carbons (Fsp3) is 0.409. The molecule has 2 aromatic heterocycles. The van der Waals surface area contributed by atoms with E-state index in [0.29, 0.717) is 51.0 Å². The smallest absolute Gasteiger partial charge is 0.243 e. The van der Waals surface area contributed by atoms with Crippen LogP contribution in [0.3, 0.4) is 0 Å². The molecule has 10 nitrogen and oxygen atoms in total. The second-order valence-corrected chi connectivity index (χ2v) is 9.95. The number of hydrogen-bond acceptors (Lipinski definition) is 9. The average Bonchev–Trinajstić information content (AvgIpc) is 3.31. The monoisotopic (exact) mass is 470 g/mol. The van der Waals surface area contributed by atoms with Gasteiger partial charge in [-0.15, -0.1) is 10.2 Å². The summed E-state index contributed by atoms with van der Waals surface area (Å²) in [7, 11) is -3.57. The molecule has 174 valence electrons. The fourth-order valence-corrected chi connectivity index (χ4v) is 5.47. The number of benzene rings is 1. The standard InChI is InChI=1S/C22H26N6O4S/c1-17-23-20(16-32-17)18-2-4-19(5-3-18)33(29,30)28-10-8-26(9-11-28)21-6-7-22(25-24-21)27-12-14-31-15-13-27/h2-7,16H,8-15H2,1H3. The molecule has 0 unspecified atom stereocenters. The summed E-state index contributed by atoms with van der Waals surface area (Å²) in [6, 6.07) is 10.7. The van der Waals surface area contributed by atoms with Gasteiger partial charge in [-0.2, -0.15) is 4.31 Å². The van der Waals surface area contributed by atoms with Crippen molar-refractivity contribution < 1.29 is 17.6 Å². The predicted molar refractivity (Wildman–Crippen MR) is 123 cm³/mol. The molecule has 0 aliphatic carbocycles. The number of aryl methyl sites for hydroxylation is 1. The third-order valence-corrected chi connectivity index (χ3v) is 7.85. The summed E-state index contributed by atoms with van der Waals surface area (Å²) >= 11 is 0. The van der Waals surface area contributed by atoms with Crippen LogP contribution in [0.2, 0.25) is 0 Å². The Bertz CT molecular complexity index is 1180. The Morgan fingerprint density at radius 2 is 1.42 bits per heavy atom.